The third kappa shape index (κ3) is 7.70. The quantitative estimate of drug-likeness (QED) is 0.213. The van der Waals surface area contributed by atoms with E-state index in [1.165, 1.54) is 25.6 Å². The highest BCUT2D eigenvalue weighted by molar-refractivity contribution is 14.0. The zero-order valence-electron chi connectivity index (χ0n) is 18.2. The van der Waals surface area contributed by atoms with E-state index in [1.54, 1.807) is 12.1 Å². The van der Waals surface area contributed by atoms with E-state index in [0.717, 1.165) is 74.5 Å². The number of halogens is 2. The van der Waals surface area contributed by atoms with Gasteiger partial charge in [-0.2, -0.15) is 0 Å². The summed E-state index contributed by atoms with van der Waals surface area (Å²) in [6.45, 7) is 10.3. The van der Waals surface area contributed by atoms with Crippen molar-refractivity contribution >= 4 is 40.8 Å². The number of nitrogens with zero attached hydrogens (tertiary/aromatic N) is 3. The Hall–Kier alpha value is -1.39. The first-order valence-corrected chi connectivity index (χ1v) is 10.8. The molecule has 3 N–H and O–H groups in total. The number of aliphatic imine (C=N–C) groups is 1. The minimum atomic E-state index is -0.197. The van der Waals surface area contributed by atoms with Crippen molar-refractivity contribution in [1.29, 1.82) is 0 Å². The largest absolute Gasteiger partial charge is 0.361 e. The number of aromatic amines is 1. The zero-order valence-corrected chi connectivity index (χ0v) is 20.5. The molecule has 0 radical (unpaired) electrons. The highest BCUT2D eigenvalue weighted by atomic mass is 127. The topological polar surface area (TPSA) is 58.7 Å². The number of benzene rings is 1. The first-order chi connectivity index (χ1) is 14.2. The second kappa shape index (κ2) is 13.1. The molecule has 0 unspecified atom stereocenters. The van der Waals surface area contributed by atoms with Gasteiger partial charge in [0.05, 0.1) is 0 Å². The van der Waals surface area contributed by atoms with E-state index in [4.69, 9.17) is 4.99 Å². The van der Waals surface area contributed by atoms with Crippen LogP contribution in [0, 0.1) is 5.82 Å². The predicted molar refractivity (Wildman–Crippen MR) is 135 cm³/mol. The van der Waals surface area contributed by atoms with Crippen LogP contribution in [0.2, 0.25) is 0 Å². The van der Waals surface area contributed by atoms with Crippen molar-refractivity contribution in [2.75, 3.05) is 59.4 Å². The van der Waals surface area contributed by atoms with Crippen molar-refractivity contribution in [3.05, 3.63) is 35.8 Å². The van der Waals surface area contributed by atoms with Crippen LogP contribution in [-0.2, 0) is 6.42 Å². The summed E-state index contributed by atoms with van der Waals surface area (Å²) in [6, 6.07) is 4.87. The van der Waals surface area contributed by atoms with Crippen LogP contribution in [-0.4, -0.2) is 80.1 Å². The number of H-pyrrole nitrogens is 1. The first kappa shape index (κ1) is 24.9. The Bertz CT molecular complexity index is 793. The molecule has 0 atom stereocenters. The van der Waals surface area contributed by atoms with Gasteiger partial charge >= 0.3 is 0 Å². The molecule has 3 rings (SSSR count). The van der Waals surface area contributed by atoms with Crippen LogP contribution in [0.15, 0.2) is 29.4 Å². The number of rotatable bonds is 8. The molecule has 1 saturated heterocycles. The van der Waals surface area contributed by atoms with Crippen molar-refractivity contribution in [3.63, 3.8) is 0 Å². The molecule has 0 saturated carbocycles. The number of guanidine groups is 1. The van der Waals surface area contributed by atoms with Gasteiger partial charge in [-0.25, -0.2) is 4.39 Å². The molecule has 0 amide bonds. The van der Waals surface area contributed by atoms with E-state index in [9.17, 15) is 4.39 Å². The lowest BCUT2D eigenvalue weighted by atomic mass is 10.1. The van der Waals surface area contributed by atoms with Gasteiger partial charge in [0.2, 0.25) is 0 Å². The summed E-state index contributed by atoms with van der Waals surface area (Å²) in [4.78, 5) is 12.9. The van der Waals surface area contributed by atoms with Crippen molar-refractivity contribution in [3.8, 4) is 0 Å². The Morgan fingerprint density at radius 1 is 1.20 bits per heavy atom. The molecule has 1 aromatic heterocycles. The van der Waals surface area contributed by atoms with E-state index in [1.807, 2.05) is 6.20 Å². The number of fused-ring (bicyclic) bond motifs is 1. The summed E-state index contributed by atoms with van der Waals surface area (Å²) >= 11 is 0. The third-order valence-corrected chi connectivity index (χ3v) is 5.47. The lowest BCUT2D eigenvalue weighted by molar-refractivity contribution is 0.275. The van der Waals surface area contributed by atoms with Crippen LogP contribution in [0.3, 0.4) is 0 Å². The van der Waals surface area contributed by atoms with Gasteiger partial charge in [-0.15, -0.1) is 24.0 Å². The molecular formula is C22H36FIN6. The molecule has 0 bridgehead atoms. The molecule has 168 valence electrons. The summed E-state index contributed by atoms with van der Waals surface area (Å²) in [7, 11) is 2.20. The van der Waals surface area contributed by atoms with Crippen molar-refractivity contribution in [2.45, 2.75) is 26.2 Å². The normalized spacial score (nSPS) is 16.3. The molecule has 6 nitrogen and oxygen atoms in total. The van der Waals surface area contributed by atoms with Crippen LogP contribution in [0.4, 0.5) is 4.39 Å². The van der Waals surface area contributed by atoms with Gasteiger partial charge < -0.3 is 25.4 Å². The molecule has 8 heteroatoms. The number of nitrogens with one attached hydrogen (secondary N) is 3. The molecule has 0 spiro atoms. The molecule has 1 fully saturated rings. The number of likely N-dealkylation sites (N-methyl/N-ethyl adjacent to an activating group) is 1. The highest BCUT2D eigenvalue weighted by Gasteiger charge is 2.11. The maximum Gasteiger partial charge on any atom is 0.191 e. The Morgan fingerprint density at radius 2 is 2.07 bits per heavy atom. The minimum absolute atomic E-state index is 0. The SMILES string of the molecule is CCNC(=NCCCN1CCCN(C)CC1)NCCc1c[nH]c2ccc(F)cc12.I. The summed E-state index contributed by atoms with van der Waals surface area (Å²) in [6.07, 6.45) is 5.10. The smallest absolute Gasteiger partial charge is 0.191 e. The van der Waals surface area contributed by atoms with Gasteiger partial charge in [0.15, 0.2) is 5.96 Å². The lowest BCUT2D eigenvalue weighted by Gasteiger charge is -2.19. The zero-order chi connectivity index (χ0) is 20.5. The van der Waals surface area contributed by atoms with E-state index in [0.29, 0.717) is 0 Å². The average molecular weight is 530 g/mol. The van der Waals surface area contributed by atoms with Gasteiger partial charge in [-0.3, -0.25) is 4.99 Å². The fourth-order valence-corrected chi connectivity index (χ4v) is 3.82. The van der Waals surface area contributed by atoms with Crippen LogP contribution in [0.25, 0.3) is 10.9 Å². The van der Waals surface area contributed by atoms with Crippen molar-refractivity contribution in [2.24, 2.45) is 4.99 Å². The monoisotopic (exact) mass is 530 g/mol. The summed E-state index contributed by atoms with van der Waals surface area (Å²) in [5, 5.41) is 7.67. The molecule has 1 aromatic carbocycles. The number of aromatic nitrogens is 1. The molecule has 1 aliphatic heterocycles. The van der Waals surface area contributed by atoms with Crippen molar-refractivity contribution < 1.29 is 4.39 Å². The van der Waals surface area contributed by atoms with E-state index in [-0.39, 0.29) is 29.8 Å². The number of hydrogen-bond donors (Lipinski definition) is 3. The van der Waals surface area contributed by atoms with E-state index >= 15 is 0 Å². The fourth-order valence-electron chi connectivity index (χ4n) is 3.82. The van der Waals surface area contributed by atoms with Crippen molar-refractivity contribution in [1.82, 2.24) is 25.4 Å². The molecular weight excluding hydrogens is 494 g/mol. The van der Waals surface area contributed by atoms with E-state index < -0.39 is 0 Å². The van der Waals surface area contributed by atoms with Crippen LogP contribution < -0.4 is 10.6 Å². The second-order valence-corrected chi connectivity index (χ2v) is 7.79. The lowest BCUT2D eigenvalue weighted by Crippen LogP contribution is -2.38. The van der Waals surface area contributed by atoms with Gasteiger partial charge in [0.1, 0.15) is 5.82 Å². The van der Waals surface area contributed by atoms with E-state index in [2.05, 4.69) is 39.4 Å². The van der Waals surface area contributed by atoms with Crippen LogP contribution in [0.5, 0.6) is 0 Å². The predicted octanol–water partition coefficient (Wildman–Crippen LogP) is 3.05. The Balaban J connectivity index is 0.00000320. The second-order valence-electron chi connectivity index (χ2n) is 7.79. The fraction of sp³-hybridized carbons (Fsp3) is 0.591. The molecule has 30 heavy (non-hydrogen) atoms. The first-order valence-electron chi connectivity index (χ1n) is 10.8. The minimum Gasteiger partial charge on any atom is -0.361 e. The van der Waals surface area contributed by atoms with Gasteiger partial charge in [-0.05, 0) is 76.6 Å². The molecule has 1 aliphatic rings. The summed E-state index contributed by atoms with van der Waals surface area (Å²) in [5.74, 6) is 0.659. The maximum atomic E-state index is 13.5. The summed E-state index contributed by atoms with van der Waals surface area (Å²) in [5.41, 5.74) is 2.09. The Morgan fingerprint density at radius 3 is 2.90 bits per heavy atom. The standard InChI is InChI=1S/C22H35FN6.HI/c1-3-24-22(25-9-4-12-29-13-5-11-28(2)14-15-29)26-10-8-18-17-27-21-7-6-19(23)16-20(18)21;/h6-7,16-17,27H,3-5,8-15H2,1-2H3,(H2,24,25,26);1H. The maximum absolute atomic E-state index is 13.5. The van der Waals surface area contributed by atoms with Gasteiger partial charge in [0, 0.05) is 49.8 Å². The average Bonchev–Trinajstić information content (AvgIpc) is 2.98. The number of hydrogen-bond acceptors (Lipinski definition) is 3. The van der Waals surface area contributed by atoms with Crippen LogP contribution >= 0.6 is 24.0 Å². The van der Waals surface area contributed by atoms with Crippen LogP contribution in [0.1, 0.15) is 25.3 Å². The summed E-state index contributed by atoms with van der Waals surface area (Å²) < 4.78 is 13.5. The Kier molecular flexibility index (Phi) is 10.9. The third-order valence-electron chi connectivity index (χ3n) is 5.47. The highest BCUT2D eigenvalue weighted by Crippen LogP contribution is 2.19. The molecule has 2 heterocycles. The van der Waals surface area contributed by atoms with Gasteiger partial charge in [0.25, 0.3) is 0 Å². The Labute approximate surface area is 196 Å². The molecule has 0 aliphatic carbocycles. The van der Waals surface area contributed by atoms with Gasteiger partial charge in [-0.1, -0.05) is 0 Å². The molecule has 2 aromatic rings.